The Hall–Kier alpha value is -1.68. The van der Waals surface area contributed by atoms with Crippen LogP contribution >= 0.6 is 0 Å². The molecule has 0 atom stereocenters. The number of carbonyl (C=O) groups is 2. The molecule has 20 heavy (non-hydrogen) atoms. The lowest BCUT2D eigenvalue weighted by atomic mass is 9.91. The van der Waals surface area contributed by atoms with E-state index in [0.717, 1.165) is 32.5 Å². The van der Waals surface area contributed by atoms with Gasteiger partial charge in [0.25, 0.3) is 0 Å². The molecule has 0 amide bonds. The van der Waals surface area contributed by atoms with Gasteiger partial charge in [-0.05, 0) is 31.5 Å². The Morgan fingerprint density at radius 1 is 1.20 bits per heavy atom. The fraction of sp³-hybridized carbons (Fsp3) is 0.500. The number of nitrogens with zero attached hydrogens (tertiary/aromatic N) is 1. The highest BCUT2D eigenvalue weighted by Crippen LogP contribution is 2.21. The van der Waals surface area contributed by atoms with Gasteiger partial charge in [0.15, 0.2) is 0 Å². The van der Waals surface area contributed by atoms with Crippen molar-refractivity contribution in [1.29, 1.82) is 0 Å². The molecule has 2 rings (SSSR count). The number of likely N-dealkylation sites (tertiary alicyclic amines) is 1. The van der Waals surface area contributed by atoms with E-state index in [-0.39, 0.29) is 18.1 Å². The highest BCUT2D eigenvalue weighted by molar-refractivity contribution is 5.96. The second kappa shape index (κ2) is 7.20. The minimum Gasteiger partial charge on any atom is -0.469 e. The fourth-order valence-electron chi connectivity index (χ4n) is 2.61. The van der Waals surface area contributed by atoms with Crippen LogP contribution in [0.3, 0.4) is 0 Å². The summed E-state index contributed by atoms with van der Waals surface area (Å²) in [7, 11) is 1.32. The van der Waals surface area contributed by atoms with Gasteiger partial charge in [-0.3, -0.25) is 14.5 Å². The molecular weight excluding hydrogens is 254 g/mol. The molecule has 0 radical (unpaired) electrons. The summed E-state index contributed by atoms with van der Waals surface area (Å²) < 4.78 is 4.54. The molecular formula is C16H21NO3. The van der Waals surface area contributed by atoms with E-state index in [1.165, 1.54) is 12.7 Å². The zero-order valence-electron chi connectivity index (χ0n) is 11.9. The van der Waals surface area contributed by atoms with E-state index < -0.39 is 5.97 Å². The van der Waals surface area contributed by atoms with Gasteiger partial charge in [-0.15, -0.1) is 0 Å². The molecule has 0 spiro atoms. The van der Waals surface area contributed by atoms with Crippen molar-refractivity contribution in [1.82, 2.24) is 4.90 Å². The molecule has 1 aliphatic rings. The lowest BCUT2D eigenvalue weighted by Gasteiger charge is -2.31. The summed E-state index contributed by atoms with van der Waals surface area (Å²) in [4.78, 5) is 25.4. The predicted molar refractivity (Wildman–Crippen MR) is 76.1 cm³/mol. The molecule has 0 bridgehead atoms. The average Bonchev–Trinajstić information content (AvgIpc) is 2.49. The summed E-state index contributed by atoms with van der Waals surface area (Å²) >= 11 is 0. The number of piperidine rings is 1. The Morgan fingerprint density at radius 2 is 1.85 bits per heavy atom. The largest absolute Gasteiger partial charge is 0.469 e. The van der Waals surface area contributed by atoms with Crippen LogP contribution in [0.15, 0.2) is 30.3 Å². The zero-order chi connectivity index (χ0) is 14.4. The van der Waals surface area contributed by atoms with Crippen molar-refractivity contribution in [2.24, 2.45) is 5.92 Å². The maximum Gasteiger partial charge on any atom is 0.313 e. The first-order valence-corrected chi connectivity index (χ1v) is 7.05. The Kier molecular flexibility index (Phi) is 5.30. The molecule has 4 nitrogen and oxygen atoms in total. The summed E-state index contributed by atoms with van der Waals surface area (Å²) in [6.07, 6.45) is 1.59. The predicted octanol–water partition coefficient (Wildman–Crippen LogP) is 2.03. The van der Waals surface area contributed by atoms with Crippen molar-refractivity contribution in [3.05, 3.63) is 35.9 Å². The monoisotopic (exact) mass is 275 g/mol. The first kappa shape index (κ1) is 14.7. The first-order chi connectivity index (χ1) is 9.69. The van der Waals surface area contributed by atoms with Gasteiger partial charge >= 0.3 is 5.97 Å². The quantitative estimate of drug-likeness (QED) is 0.609. The molecule has 1 saturated heterocycles. The van der Waals surface area contributed by atoms with Crippen LogP contribution < -0.4 is 0 Å². The molecule has 1 aromatic rings. The Balaban J connectivity index is 1.77. The third-order valence-corrected chi connectivity index (χ3v) is 3.84. The molecule has 0 N–H and O–H groups in total. The lowest BCUT2D eigenvalue weighted by Crippen LogP contribution is -2.36. The van der Waals surface area contributed by atoms with E-state index in [1.807, 2.05) is 18.2 Å². The van der Waals surface area contributed by atoms with Gasteiger partial charge < -0.3 is 4.74 Å². The highest BCUT2D eigenvalue weighted by Gasteiger charge is 2.26. The number of rotatable bonds is 5. The third-order valence-electron chi connectivity index (χ3n) is 3.84. The van der Waals surface area contributed by atoms with Gasteiger partial charge in [0.2, 0.25) is 0 Å². The average molecular weight is 275 g/mol. The van der Waals surface area contributed by atoms with Gasteiger partial charge in [0, 0.05) is 12.5 Å². The smallest absolute Gasteiger partial charge is 0.313 e. The summed E-state index contributed by atoms with van der Waals surface area (Å²) in [5.41, 5.74) is 1.30. The van der Waals surface area contributed by atoms with E-state index >= 15 is 0 Å². The number of carbonyl (C=O) groups excluding carboxylic acids is 2. The van der Waals surface area contributed by atoms with E-state index in [4.69, 9.17) is 0 Å². The van der Waals surface area contributed by atoms with Crippen LogP contribution in [0, 0.1) is 5.92 Å². The van der Waals surface area contributed by atoms with Gasteiger partial charge in [-0.1, -0.05) is 30.3 Å². The Morgan fingerprint density at radius 3 is 2.45 bits per heavy atom. The summed E-state index contributed by atoms with van der Waals surface area (Å²) in [5.74, 6) is -0.390. The van der Waals surface area contributed by atoms with Crippen LogP contribution in [0.25, 0.3) is 0 Å². The number of hydrogen-bond donors (Lipinski definition) is 0. The summed E-state index contributed by atoms with van der Waals surface area (Å²) in [6, 6.07) is 10.3. The minimum absolute atomic E-state index is 0.0149. The number of Topliss-reactive ketones (excluding diaryl/α,β-unsaturated/α-hetero) is 1. The number of esters is 1. The number of ketones is 1. The topological polar surface area (TPSA) is 46.6 Å². The Bertz CT molecular complexity index is 450. The van der Waals surface area contributed by atoms with E-state index in [1.54, 1.807) is 0 Å². The van der Waals surface area contributed by atoms with Crippen molar-refractivity contribution >= 4 is 11.8 Å². The van der Waals surface area contributed by atoms with E-state index in [9.17, 15) is 9.59 Å². The molecule has 0 unspecified atom stereocenters. The van der Waals surface area contributed by atoms with Crippen molar-refractivity contribution in [2.45, 2.75) is 25.8 Å². The van der Waals surface area contributed by atoms with Crippen molar-refractivity contribution in [2.75, 3.05) is 20.2 Å². The molecule has 4 heteroatoms. The number of methoxy groups -OCH3 is 1. The first-order valence-electron chi connectivity index (χ1n) is 7.05. The van der Waals surface area contributed by atoms with E-state index in [0.29, 0.717) is 0 Å². The zero-order valence-corrected chi connectivity index (χ0v) is 11.9. The van der Waals surface area contributed by atoms with E-state index in [2.05, 4.69) is 21.8 Å². The van der Waals surface area contributed by atoms with Crippen LogP contribution in [0.5, 0.6) is 0 Å². The lowest BCUT2D eigenvalue weighted by molar-refractivity contribution is -0.144. The van der Waals surface area contributed by atoms with Crippen molar-refractivity contribution < 1.29 is 14.3 Å². The molecule has 1 heterocycles. The van der Waals surface area contributed by atoms with Crippen LogP contribution in [0.1, 0.15) is 24.8 Å². The number of hydrogen-bond acceptors (Lipinski definition) is 4. The summed E-state index contributed by atoms with van der Waals surface area (Å²) in [6.45, 7) is 2.75. The summed E-state index contributed by atoms with van der Waals surface area (Å²) in [5, 5.41) is 0. The molecule has 0 aromatic heterocycles. The molecule has 1 aliphatic heterocycles. The van der Waals surface area contributed by atoms with Gasteiger partial charge in [-0.2, -0.15) is 0 Å². The highest BCUT2D eigenvalue weighted by atomic mass is 16.5. The van der Waals surface area contributed by atoms with Crippen LogP contribution in [0.2, 0.25) is 0 Å². The molecule has 1 aromatic carbocycles. The number of ether oxygens (including phenoxy) is 1. The second-order valence-corrected chi connectivity index (χ2v) is 5.26. The van der Waals surface area contributed by atoms with Gasteiger partial charge in [0.1, 0.15) is 12.2 Å². The van der Waals surface area contributed by atoms with Crippen LogP contribution in [-0.4, -0.2) is 36.9 Å². The van der Waals surface area contributed by atoms with Gasteiger partial charge in [0.05, 0.1) is 7.11 Å². The third kappa shape index (κ3) is 4.17. The standard InChI is InChI=1S/C16H21NO3/c1-20-16(19)11-15(18)14-7-9-17(10-8-14)12-13-5-3-2-4-6-13/h2-6,14H,7-12H2,1H3. The molecule has 0 aliphatic carbocycles. The van der Waals surface area contributed by atoms with Crippen molar-refractivity contribution in [3.8, 4) is 0 Å². The SMILES string of the molecule is COC(=O)CC(=O)C1CCN(Cc2ccccc2)CC1. The molecule has 1 fully saturated rings. The maximum absolute atomic E-state index is 11.9. The minimum atomic E-state index is -0.429. The Labute approximate surface area is 119 Å². The van der Waals surface area contributed by atoms with Crippen molar-refractivity contribution in [3.63, 3.8) is 0 Å². The van der Waals surface area contributed by atoms with Crippen LogP contribution in [-0.2, 0) is 20.9 Å². The van der Waals surface area contributed by atoms with Gasteiger partial charge in [-0.25, -0.2) is 0 Å². The maximum atomic E-state index is 11.9. The van der Waals surface area contributed by atoms with Crippen LogP contribution in [0.4, 0.5) is 0 Å². The molecule has 0 saturated carbocycles. The fourth-order valence-corrected chi connectivity index (χ4v) is 2.61. The number of benzene rings is 1. The molecule has 108 valence electrons. The normalized spacial score (nSPS) is 16.9. The second-order valence-electron chi connectivity index (χ2n) is 5.26.